The van der Waals surface area contributed by atoms with E-state index >= 15 is 0 Å². The Morgan fingerprint density at radius 3 is 2.32 bits per heavy atom. The van der Waals surface area contributed by atoms with Crippen LogP contribution >= 0.6 is 22.6 Å². The highest BCUT2D eigenvalue weighted by molar-refractivity contribution is 14.1. The molecule has 0 bridgehead atoms. The highest BCUT2D eigenvalue weighted by Crippen LogP contribution is 2.37. The predicted octanol–water partition coefficient (Wildman–Crippen LogP) is 4.56. The van der Waals surface area contributed by atoms with Gasteiger partial charge in [-0.2, -0.15) is 0 Å². The van der Waals surface area contributed by atoms with E-state index in [9.17, 15) is 18.0 Å². The second-order valence-electron chi connectivity index (χ2n) is 9.77. The number of hydrogen-bond donors (Lipinski definition) is 1. The molecule has 0 spiro atoms. The van der Waals surface area contributed by atoms with Gasteiger partial charge >= 0.3 is 5.97 Å². The van der Waals surface area contributed by atoms with E-state index in [0.717, 1.165) is 9.13 Å². The maximum absolute atomic E-state index is 13.6. The van der Waals surface area contributed by atoms with Crippen LogP contribution in [-0.2, 0) is 26.0 Å². The Morgan fingerprint density at radius 1 is 1.00 bits per heavy atom. The highest BCUT2D eigenvalue weighted by atomic mass is 127. The molecule has 0 saturated carbocycles. The summed E-state index contributed by atoms with van der Waals surface area (Å²) < 4.78 is 40.3. The van der Waals surface area contributed by atoms with Crippen LogP contribution in [0.4, 0.5) is 5.69 Å². The van der Waals surface area contributed by atoms with Gasteiger partial charge in [0.15, 0.2) is 0 Å². The third-order valence-electron chi connectivity index (χ3n) is 5.76. The first-order valence-electron chi connectivity index (χ1n) is 12.1. The summed E-state index contributed by atoms with van der Waals surface area (Å²) >= 11 is 2.11. The lowest BCUT2D eigenvalue weighted by Gasteiger charge is -2.26. The summed E-state index contributed by atoms with van der Waals surface area (Å²) in [6, 6.07) is 19.3. The van der Waals surface area contributed by atoms with Crippen LogP contribution in [0.1, 0.15) is 36.7 Å². The number of amides is 1. The van der Waals surface area contributed by atoms with Gasteiger partial charge in [0.25, 0.3) is 10.0 Å². The summed E-state index contributed by atoms with van der Waals surface area (Å²) in [6.07, 6.45) is 0.276. The zero-order valence-corrected chi connectivity index (χ0v) is 24.3. The number of rotatable bonds is 8. The average Bonchev–Trinajstić information content (AvgIpc) is 3.27. The van der Waals surface area contributed by atoms with Gasteiger partial charge in [-0.1, -0.05) is 18.2 Å². The number of fused-ring (bicyclic) bond motifs is 1. The van der Waals surface area contributed by atoms with Crippen molar-refractivity contribution in [1.82, 2.24) is 5.32 Å². The molecule has 1 aliphatic rings. The minimum absolute atomic E-state index is 0.130. The number of carbonyl (C=O) groups is 2. The number of sulfonamides is 1. The monoisotopic (exact) mass is 648 g/mol. The lowest BCUT2D eigenvalue weighted by Crippen LogP contribution is -2.48. The minimum Gasteiger partial charge on any atom is -0.492 e. The summed E-state index contributed by atoms with van der Waals surface area (Å²) in [7, 11) is -3.96. The van der Waals surface area contributed by atoms with Crippen LogP contribution in [-0.4, -0.2) is 45.1 Å². The lowest BCUT2D eigenvalue weighted by molar-refractivity contribution is -0.122. The molecule has 1 atom stereocenters. The molecule has 3 aromatic rings. The minimum atomic E-state index is -3.96. The van der Waals surface area contributed by atoms with Crippen molar-refractivity contribution in [3.63, 3.8) is 0 Å². The van der Waals surface area contributed by atoms with Crippen molar-refractivity contribution >= 4 is 50.2 Å². The Labute approximate surface area is 236 Å². The fourth-order valence-electron chi connectivity index (χ4n) is 4.06. The Balaban J connectivity index is 1.39. The van der Waals surface area contributed by atoms with Crippen LogP contribution in [0.3, 0.4) is 0 Å². The SMILES string of the molecule is CC(C)(C)OC(=O)c1ccc(OCCNC(=O)[C@@H]2Cc3ccccc3N2S(=O)(=O)c2ccc(I)cc2)cc1. The van der Waals surface area contributed by atoms with Crippen LogP contribution in [0.15, 0.2) is 77.7 Å². The number of carbonyl (C=O) groups excluding carboxylic acids is 2. The van der Waals surface area contributed by atoms with Crippen molar-refractivity contribution in [2.75, 3.05) is 17.5 Å². The summed E-state index contributed by atoms with van der Waals surface area (Å²) in [5, 5.41) is 2.80. The van der Waals surface area contributed by atoms with Gasteiger partial charge in [-0.05, 0) is 104 Å². The van der Waals surface area contributed by atoms with Crippen molar-refractivity contribution in [2.24, 2.45) is 0 Å². The van der Waals surface area contributed by atoms with Gasteiger partial charge in [0.05, 0.1) is 22.7 Å². The van der Waals surface area contributed by atoms with Crippen LogP contribution < -0.4 is 14.4 Å². The molecule has 0 aliphatic carbocycles. The summed E-state index contributed by atoms with van der Waals surface area (Å²) in [5.41, 5.74) is 1.13. The van der Waals surface area contributed by atoms with E-state index in [1.807, 2.05) is 12.1 Å². The normalized spacial score (nSPS) is 15.1. The summed E-state index contributed by atoms with van der Waals surface area (Å²) in [5.74, 6) is -0.291. The quantitative estimate of drug-likeness (QED) is 0.219. The molecule has 0 radical (unpaired) electrons. The molecule has 4 rings (SSSR count). The Hall–Kier alpha value is -3.12. The van der Waals surface area contributed by atoms with Crippen LogP contribution in [0.2, 0.25) is 0 Å². The number of esters is 1. The van der Waals surface area contributed by atoms with E-state index in [-0.39, 0.29) is 24.5 Å². The number of benzene rings is 3. The number of anilines is 1. The first-order valence-corrected chi connectivity index (χ1v) is 14.6. The molecule has 1 heterocycles. The second-order valence-corrected chi connectivity index (χ2v) is 12.8. The van der Waals surface area contributed by atoms with E-state index in [4.69, 9.17) is 9.47 Å². The van der Waals surface area contributed by atoms with Crippen molar-refractivity contribution in [3.05, 3.63) is 87.5 Å². The number of para-hydroxylation sites is 1. The van der Waals surface area contributed by atoms with Crippen LogP contribution in [0, 0.1) is 3.57 Å². The fourth-order valence-corrected chi connectivity index (χ4v) is 6.07. The molecule has 1 aliphatic heterocycles. The second kappa shape index (κ2) is 11.3. The molecule has 1 N–H and O–H groups in total. The molecule has 8 nitrogen and oxygen atoms in total. The van der Waals surface area contributed by atoms with Gasteiger partial charge in [-0.25, -0.2) is 13.2 Å². The fraction of sp³-hybridized carbons (Fsp3) is 0.286. The van der Waals surface area contributed by atoms with Gasteiger partial charge in [0, 0.05) is 9.99 Å². The van der Waals surface area contributed by atoms with Crippen molar-refractivity contribution in [1.29, 1.82) is 0 Å². The van der Waals surface area contributed by atoms with E-state index in [1.165, 1.54) is 4.31 Å². The maximum atomic E-state index is 13.6. The predicted molar refractivity (Wildman–Crippen MR) is 153 cm³/mol. The molecule has 10 heteroatoms. The Bertz CT molecular complexity index is 1420. The third-order valence-corrected chi connectivity index (χ3v) is 8.31. The zero-order valence-electron chi connectivity index (χ0n) is 21.3. The van der Waals surface area contributed by atoms with Crippen molar-refractivity contribution < 1.29 is 27.5 Å². The number of hydrogen-bond acceptors (Lipinski definition) is 6. The zero-order chi connectivity index (χ0) is 27.5. The number of nitrogens with zero attached hydrogens (tertiary/aromatic N) is 1. The topological polar surface area (TPSA) is 102 Å². The molecule has 200 valence electrons. The first kappa shape index (κ1) is 27.9. The lowest BCUT2D eigenvalue weighted by atomic mass is 10.1. The maximum Gasteiger partial charge on any atom is 0.338 e. The summed E-state index contributed by atoms with van der Waals surface area (Å²) in [6.45, 7) is 5.76. The number of ether oxygens (including phenoxy) is 2. The summed E-state index contributed by atoms with van der Waals surface area (Å²) in [4.78, 5) is 25.5. The molecule has 3 aromatic carbocycles. The van der Waals surface area contributed by atoms with E-state index < -0.39 is 33.5 Å². The standard InChI is InChI=1S/C28H29IN2O6S/c1-28(2,3)37-27(33)19-8-12-22(13-9-19)36-17-16-30-26(32)25-18-20-6-4-5-7-24(20)31(25)38(34,35)23-14-10-21(29)11-15-23/h4-15,25H,16-18H2,1-3H3,(H,30,32)/t25-/m0/s1. The number of halogens is 1. The van der Waals surface area contributed by atoms with Gasteiger partial charge in [0.1, 0.15) is 24.0 Å². The first-order chi connectivity index (χ1) is 18.0. The van der Waals surface area contributed by atoms with E-state index in [2.05, 4.69) is 27.9 Å². The number of nitrogens with one attached hydrogen (secondary N) is 1. The molecular weight excluding hydrogens is 619 g/mol. The van der Waals surface area contributed by atoms with E-state index in [0.29, 0.717) is 17.0 Å². The van der Waals surface area contributed by atoms with Crippen molar-refractivity contribution in [3.8, 4) is 5.75 Å². The molecule has 38 heavy (non-hydrogen) atoms. The third kappa shape index (κ3) is 6.47. The Kier molecular flexibility index (Phi) is 8.31. The van der Waals surface area contributed by atoms with Crippen LogP contribution in [0.25, 0.3) is 0 Å². The average molecular weight is 649 g/mol. The molecule has 1 amide bonds. The highest BCUT2D eigenvalue weighted by Gasteiger charge is 2.42. The van der Waals surface area contributed by atoms with Crippen LogP contribution in [0.5, 0.6) is 5.75 Å². The molecular formula is C28H29IN2O6S. The van der Waals surface area contributed by atoms with Crippen molar-refractivity contribution in [2.45, 2.75) is 43.7 Å². The molecule has 0 saturated heterocycles. The van der Waals surface area contributed by atoms with Gasteiger partial charge in [-0.3, -0.25) is 9.10 Å². The van der Waals surface area contributed by atoms with Gasteiger partial charge in [0.2, 0.25) is 5.91 Å². The molecule has 0 unspecified atom stereocenters. The van der Waals surface area contributed by atoms with Gasteiger partial charge in [-0.15, -0.1) is 0 Å². The van der Waals surface area contributed by atoms with E-state index in [1.54, 1.807) is 81.4 Å². The Morgan fingerprint density at radius 2 is 1.66 bits per heavy atom. The molecule has 0 fully saturated rings. The largest absolute Gasteiger partial charge is 0.492 e. The smallest absolute Gasteiger partial charge is 0.338 e. The molecule has 0 aromatic heterocycles. The van der Waals surface area contributed by atoms with Gasteiger partial charge < -0.3 is 14.8 Å².